The lowest BCUT2D eigenvalue weighted by molar-refractivity contribution is 0.0718. The minimum absolute atomic E-state index is 0.0338. The van der Waals surface area contributed by atoms with Crippen molar-refractivity contribution in [3.05, 3.63) is 59.4 Å². The van der Waals surface area contributed by atoms with Crippen molar-refractivity contribution in [2.24, 2.45) is 0 Å². The number of piperidine rings is 1. The molecule has 0 bridgehead atoms. The van der Waals surface area contributed by atoms with E-state index in [1.54, 1.807) is 47.4 Å². The van der Waals surface area contributed by atoms with Crippen LogP contribution in [0.3, 0.4) is 0 Å². The number of aromatic nitrogens is 1. The Bertz CT molecular complexity index is 824. The van der Waals surface area contributed by atoms with Gasteiger partial charge in [0, 0.05) is 24.3 Å². The molecule has 0 atom stereocenters. The van der Waals surface area contributed by atoms with Crippen LogP contribution in [0.2, 0.25) is 0 Å². The van der Waals surface area contributed by atoms with E-state index in [1.807, 2.05) is 0 Å². The van der Waals surface area contributed by atoms with Gasteiger partial charge in [-0.2, -0.15) is 0 Å². The van der Waals surface area contributed by atoms with Crippen molar-refractivity contribution in [1.29, 1.82) is 0 Å². The van der Waals surface area contributed by atoms with Gasteiger partial charge >= 0.3 is 0 Å². The highest BCUT2D eigenvalue weighted by molar-refractivity contribution is 6.04. The zero-order chi connectivity index (χ0) is 18.5. The standard InChI is InChI=1S/C20H21N3O3/c1-14(24)15-8-10-16(11-9-15)21-19(25)17-6-5-7-18(22-17)20(26)23-12-3-2-4-13-23/h5-11H,2-4,12-13H2,1H3,(H,21,25). The molecule has 2 aromatic rings. The zero-order valence-electron chi connectivity index (χ0n) is 14.7. The molecule has 1 aliphatic heterocycles. The van der Waals surface area contributed by atoms with Crippen molar-refractivity contribution >= 4 is 23.3 Å². The molecule has 3 rings (SSSR count). The summed E-state index contributed by atoms with van der Waals surface area (Å²) in [5, 5.41) is 2.73. The van der Waals surface area contributed by atoms with E-state index >= 15 is 0 Å². The molecule has 0 aliphatic carbocycles. The van der Waals surface area contributed by atoms with Gasteiger partial charge in [0.15, 0.2) is 5.78 Å². The average Bonchev–Trinajstić information content (AvgIpc) is 2.68. The first-order valence-corrected chi connectivity index (χ1v) is 8.73. The van der Waals surface area contributed by atoms with E-state index in [0.717, 1.165) is 32.4 Å². The fourth-order valence-corrected chi connectivity index (χ4v) is 2.92. The molecule has 0 radical (unpaired) electrons. The number of Topliss-reactive ketones (excluding diaryl/α,β-unsaturated/α-hetero) is 1. The normalized spacial score (nSPS) is 14.0. The Hall–Kier alpha value is -3.02. The number of carbonyl (C=O) groups is 3. The largest absolute Gasteiger partial charge is 0.337 e. The predicted molar refractivity (Wildman–Crippen MR) is 98.4 cm³/mol. The molecule has 6 heteroatoms. The van der Waals surface area contributed by atoms with Gasteiger partial charge < -0.3 is 10.2 Å². The van der Waals surface area contributed by atoms with Gasteiger partial charge in [0.05, 0.1) is 0 Å². The summed E-state index contributed by atoms with van der Waals surface area (Å²) in [6.45, 7) is 2.96. The Kier molecular flexibility index (Phi) is 5.41. The molecule has 1 aromatic carbocycles. The highest BCUT2D eigenvalue weighted by Gasteiger charge is 2.20. The van der Waals surface area contributed by atoms with Crippen molar-refractivity contribution in [2.75, 3.05) is 18.4 Å². The van der Waals surface area contributed by atoms with Gasteiger partial charge in [-0.1, -0.05) is 6.07 Å². The van der Waals surface area contributed by atoms with E-state index in [9.17, 15) is 14.4 Å². The van der Waals surface area contributed by atoms with Crippen LogP contribution in [0.5, 0.6) is 0 Å². The van der Waals surface area contributed by atoms with Crippen molar-refractivity contribution in [2.45, 2.75) is 26.2 Å². The number of likely N-dealkylation sites (tertiary alicyclic amines) is 1. The summed E-state index contributed by atoms with van der Waals surface area (Å²) in [6.07, 6.45) is 3.15. The Morgan fingerprint density at radius 2 is 1.58 bits per heavy atom. The van der Waals surface area contributed by atoms with Crippen LogP contribution in [0.25, 0.3) is 0 Å². The maximum Gasteiger partial charge on any atom is 0.274 e. The van der Waals surface area contributed by atoms with Crippen LogP contribution >= 0.6 is 0 Å². The minimum atomic E-state index is -0.395. The molecule has 0 spiro atoms. The van der Waals surface area contributed by atoms with Gasteiger partial charge in [0.2, 0.25) is 0 Å². The van der Waals surface area contributed by atoms with E-state index in [-0.39, 0.29) is 23.1 Å². The smallest absolute Gasteiger partial charge is 0.274 e. The van der Waals surface area contributed by atoms with E-state index in [4.69, 9.17) is 0 Å². The van der Waals surface area contributed by atoms with Crippen LogP contribution in [0.1, 0.15) is 57.5 Å². The maximum atomic E-state index is 12.5. The van der Waals surface area contributed by atoms with Crippen molar-refractivity contribution in [3.8, 4) is 0 Å². The molecule has 1 N–H and O–H groups in total. The lowest BCUT2D eigenvalue weighted by atomic mass is 10.1. The van der Waals surface area contributed by atoms with Gasteiger partial charge in [-0.25, -0.2) is 4.98 Å². The third kappa shape index (κ3) is 4.14. The van der Waals surface area contributed by atoms with Crippen LogP contribution in [0.4, 0.5) is 5.69 Å². The molecule has 2 heterocycles. The number of hydrogen-bond acceptors (Lipinski definition) is 4. The molecule has 0 unspecified atom stereocenters. The quantitative estimate of drug-likeness (QED) is 0.858. The number of hydrogen-bond donors (Lipinski definition) is 1. The number of ketones is 1. The van der Waals surface area contributed by atoms with Gasteiger partial charge in [-0.15, -0.1) is 0 Å². The highest BCUT2D eigenvalue weighted by Crippen LogP contribution is 2.14. The van der Waals surface area contributed by atoms with Crippen LogP contribution < -0.4 is 5.32 Å². The second-order valence-corrected chi connectivity index (χ2v) is 6.35. The second-order valence-electron chi connectivity index (χ2n) is 6.35. The molecule has 6 nitrogen and oxygen atoms in total. The molecular weight excluding hydrogens is 330 g/mol. The molecule has 0 saturated carbocycles. The Balaban J connectivity index is 1.71. The molecule has 1 saturated heterocycles. The SMILES string of the molecule is CC(=O)c1ccc(NC(=O)c2cccc(C(=O)N3CCCCC3)n2)cc1. The number of rotatable bonds is 4. The zero-order valence-corrected chi connectivity index (χ0v) is 14.7. The summed E-state index contributed by atoms with van der Waals surface area (Å²) in [6, 6.07) is 11.5. The van der Waals surface area contributed by atoms with Gasteiger partial charge in [0.25, 0.3) is 11.8 Å². The van der Waals surface area contributed by atoms with E-state index in [1.165, 1.54) is 6.92 Å². The molecule has 2 amide bonds. The first-order chi connectivity index (χ1) is 12.5. The van der Waals surface area contributed by atoms with Gasteiger partial charge in [-0.05, 0) is 62.6 Å². The van der Waals surface area contributed by atoms with Crippen LogP contribution in [-0.2, 0) is 0 Å². The van der Waals surface area contributed by atoms with E-state index in [2.05, 4.69) is 10.3 Å². The second kappa shape index (κ2) is 7.91. The fraction of sp³-hybridized carbons (Fsp3) is 0.300. The summed E-state index contributed by atoms with van der Waals surface area (Å²) in [5.74, 6) is -0.563. The minimum Gasteiger partial charge on any atom is -0.337 e. The number of nitrogens with one attached hydrogen (secondary N) is 1. The average molecular weight is 351 g/mol. The van der Waals surface area contributed by atoms with Crippen LogP contribution in [0, 0.1) is 0 Å². The summed E-state index contributed by atoms with van der Waals surface area (Å²) in [7, 11) is 0. The summed E-state index contributed by atoms with van der Waals surface area (Å²) < 4.78 is 0. The van der Waals surface area contributed by atoms with Crippen molar-refractivity contribution in [1.82, 2.24) is 9.88 Å². The number of benzene rings is 1. The maximum absolute atomic E-state index is 12.5. The Morgan fingerprint density at radius 1 is 0.923 bits per heavy atom. The first kappa shape index (κ1) is 17.8. The third-order valence-corrected chi connectivity index (χ3v) is 4.39. The molecule has 1 aromatic heterocycles. The number of anilines is 1. The van der Waals surface area contributed by atoms with Crippen LogP contribution in [0.15, 0.2) is 42.5 Å². The monoisotopic (exact) mass is 351 g/mol. The topological polar surface area (TPSA) is 79.4 Å². The Labute approximate surface area is 152 Å². The highest BCUT2D eigenvalue weighted by atomic mass is 16.2. The van der Waals surface area contributed by atoms with Crippen molar-refractivity contribution in [3.63, 3.8) is 0 Å². The molecule has 1 aliphatic rings. The van der Waals surface area contributed by atoms with Crippen LogP contribution in [-0.4, -0.2) is 40.6 Å². The lowest BCUT2D eigenvalue weighted by Crippen LogP contribution is -2.36. The van der Waals surface area contributed by atoms with Crippen molar-refractivity contribution < 1.29 is 14.4 Å². The van der Waals surface area contributed by atoms with Gasteiger partial charge in [-0.3, -0.25) is 14.4 Å². The van der Waals surface area contributed by atoms with E-state index in [0.29, 0.717) is 11.3 Å². The third-order valence-electron chi connectivity index (χ3n) is 4.39. The summed E-state index contributed by atoms with van der Waals surface area (Å²) >= 11 is 0. The van der Waals surface area contributed by atoms with E-state index < -0.39 is 5.91 Å². The van der Waals surface area contributed by atoms with Gasteiger partial charge in [0.1, 0.15) is 11.4 Å². The number of pyridine rings is 1. The number of carbonyl (C=O) groups excluding carboxylic acids is 3. The molecular formula is C20H21N3O3. The summed E-state index contributed by atoms with van der Waals surface area (Å²) in [4.78, 5) is 42.3. The molecule has 134 valence electrons. The molecule has 26 heavy (non-hydrogen) atoms. The fourth-order valence-electron chi connectivity index (χ4n) is 2.92. The predicted octanol–water partition coefficient (Wildman–Crippen LogP) is 3.16. The molecule has 1 fully saturated rings. The lowest BCUT2D eigenvalue weighted by Gasteiger charge is -2.26. The number of nitrogens with zero attached hydrogens (tertiary/aromatic N) is 2. The first-order valence-electron chi connectivity index (χ1n) is 8.73. The Morgan fingerprint density at radius 3 is 2.23 bits per heavy atom. The summed E-state index contributed by atoms with van der Waals surface area (Å²) in [5.41, 5.74) is 1.61. The number of amides is 2.